The van der Waals surface area contributed by atoms with Gasteiger partial charge in [-0.05, 0) is 37.1 Å². The van der Waals surface area contributed by atoms with E-state index in [1.165, 1.54) is 15.9 Å². The zero-order valence-electron chi connectivity index (χ0n) is 14.9. The predicted molar refractivity (Wildman–Crippen MR) is 101 cm³/mol. The van der Waals surface area contributed by atoms with Crippen LogP contribution in [0.1, 0.15) is 28.2 Å². The summed E-state index contributed by atoms with van der Waals surface area (Å²) in [6.07, 6.45) is 0.329. The van der Waals surface area contributed by atoms with E-state index >= 15 is 0 Å². The molecular weight excluding hydrogens is 352 g/mol. The maximum absolute atomic E-state index is 13.0. The number of rotatable bonds is 6. The standard InChI is InChI=1S/C19H20N2O4S/c1-11-12(2)26-18-17(11)19(24)21(9-8-16(22)23)15(20-18)10-13-4-6-14(25-3)7-5-13/h4-7H,8-10H2,1-3H3,(H,22,23). The first kappa shape index (κ1) is 18.1. The first-order valence-corrected chi connectivity index (χ1v) is 9.06. The van der Waals surface area contributed by atoms with Crippen LogP contribution in [0, 0.1) is 13.8 Å². The molecule has 0 amide bonds. The molecule has 0 atom stereocenters. The Morgan fingerprint density at radius 3 is 2.58 bits per heavy atom. The topological polar surface area (TPSA) is 81.4 Å². The molecule has 0 saturated carbocycles. The van der Waals surface area contributed by atoms with E-state index in [2.05, 4.69) is 0 Å². The van der Waals surface area contributed by atoms with Crippen LogP contribution >= 0.6 is 11.3 Å². The summed E-state index contributed by atoms with van der Waals surface area (Å²) < 4.78 is 6.67. The Morgan fingerprint density at radius 1 is 1.27 bits per heavy atom. The average molecular weight is 372 g/mol. The van der Waals surface area contributed by atoms with Crippen molar-refractivity contribution in [3.63, 3.8) is 0 Å². The number of carboxylic acid groups (broad SMARTS) is 1. The molecule has 3 aromatic rings. The number of aromatic nitrogens is 2. The summed E-state index contributed by atoms with van der Waals surface area (Å²) in [5.41, 5.74) is 1.73. The minimum Gasteiger partial charge on any atom is -0.497 e. The van der Waals surface area contributed by atoms with Gasteiger partial charge < -0.3 is 9.84 Å². The van der Waals surface area contributed by atoms with Gasteiger partial charge in [-0.3, -0.25) is 14.2 Å². The fourth-order valence-electron chi connectivity index (χ4n) is 2.87. The molecule has 0 bridgehead atoms. The summed E-state index contributed by atoms with van der Waals surface area (Å²) in [6.45, 7) is 3.98. The Kier molecular flexibility index (Phi) is 5.08. The van der Waals surface area contributed by atoms with Crippen molar-refractivity contribution in [2.75, 3.05) is 7.11 Å². The molecule has 1 N–H and O–H groups in total. The monoisotopic (exact) mass is 372 g/mol. The molecule has 1 aromatic carbocycles. The number of benzene rings is 1. The number of methoxy groups -OCH3 is 1. The fraction of sp³-hybridized carbons (Fsp3) is 0.316. The Labute approximate surface area is 154 Å². The van der Waals surface area contributed by atoms with Crippen LogP contribution in [0.5, 0.6) is 5.75 Å². The van der Waals surface area contributed by atoms with E-state index in [1.54, 1.807) is 7.11 Å². The molecule has 7 heteroatoms. The van der Waals surface area contributed by atoms with Crippen LogP contribution in [0.3, 0.4) is 0 Å². The van der Waals surface area contributed by atoms with E-state index in [0.717, 1.165) is 21.8 Å². The van der Waals surface area contributed by atoms with E-state index in [9.17, 15) is 9.59 Å². The van der Waals surface area contributed by atoms with Crippen LogP contribution in [-0.4, -0.2) is 27.7 Å². The van der Waals surface area contributed by atoms with Gasteiger partial charge in [-0.25, -0.2) is 4.98 Å². The van der Waals surface area contributed by atoms with Crippen LogP contribution in [0.25, 0.3) is 10.2 Å². The molecule has 0 fully saturated rings. The number of carboxylic acids is 1. The highest BCUT2D eigenvalue weighted by molar-refractivity contribution is 7.18. The number of aliphatic carboxylic acids is 1. The van der Waals surface area contributed by atoms with Crippen LogP contribution in [0.15, 0.2) is 29.1 Å². The van der Waals surface area contributed by atoms with Crippen LogP contribution in [-0.2, 0) is 17.8 Å². The zero-order valence-corrected chi connectivity index (χ0v) is 15.7. The first-order valence-electron chi connectivity index (χ1n) is 8.25. The third-order valence-electron chi connectivity index (χ3n) is 4.44. The highest BCUT2D eigenvalue weighted by Crippen LogP contribution is 2.27. The van der Waals surface area contributed by atoms with Gasteiger partial charge in [0.15, 0.2) is 0 Å². The third kappa shape index (κ3) is 3.48. The molecule has 2 aromatic heterocycles. The lowest BCUT2D eigenvalue weighted by atomic mass is 10.1. The fourth-order valence-corrected chi connectivity index (χ4v) is 3.91. The number of nitrogens with zero attached hydrogens (tertiary/aromatic N) is 2. The molecule has 0 saturated heterocycles. The molecule has 136 valence electrons. The van der Waals surface area contributed by atoms with Crippen molar-refractivity contribution in [1.29, 1.82) is 0 Å². The molecule has 26 heavy (non-hydrogen) atoms. The second-order valence-corrected chi connectivity index (χ2v) is 7.32. The second kappa shape index (κ2) is 7.29. The molecule has 0 radical (unpaired) electrons. The number of ether oxygens (including phenoxy) is 1. The number of hydrogen-bond acceptors (Lipinski definition) is 5. The van der Waals surface area contributed by atoms with Crippen molar-refractivity contribution >= 4 is 27.5 Å². The van der Waals surface area contributed by atoms with Gasteiger partial charge in [-0.15, -0.1) is 11.3 Å². The highest BCUT2D eigenvalue weighted by atomic mass is 32.1. The molecule has 0 unspecified atom stereocenters. The Hall–Kier alpha value is -2.67. The summed E-state index contributed by atoms with van der Waals surface area (Å²) in [5.74, 6) is 0.394. The number of carbonyl (C=O) groups is 1. The van der Waals surface area contributed by atoms with Crippen molar-refractivity contribution in [2.24, 2.45) is 0 Å². The third-order valence-corrected chi connectivity index (χ3v) is 5.54. The number of aryl methyl sites for hydroxylation is 2. The zero-order chi connectivity index (χ0) is 18.8. The van der Waals surface area contributed by atoms with Crippen LogP contribution in [0.4, 0.5) is 0 Å². The lowest BCUT2D eigenvalue weighted by Gasteiger charge is -2.12. The number of hydrogen-bond donors (Lipinski definition) is 1. The van der Waals surface area contributed by atoms with Crippen molar-refractivity contribution in [2.45, 2.75) is 33.2 Å². The van der Waals surface area contributed by atoms with E-state index in [1.807, 2.05) is 38.1 Å². The summed E-state index contributed by atoms with van der Waals surface area (Å²) >= 11 is 1.50. The van der Waals surface area contributed by atoms with Crippen molar-refractivity contribution in [3.05, 3.63) is 56.4 Å². The minimum atomic E-state index is -0.939. The minimum absolute atomic E-state index is 0.108. The van der Waals surface area contributed by atoms with Crippen LogP contribution < -0.4 is 10.3 Å². The van der Waals surface area contributed by atoms with Gasteiger partial charge in [-0.2, -0.15) is 0 Å². The quantitative estimate of drug-likeness (QED) is 0.719. The second-order valence-electron chi connectivity index (χ2n) is 6.12. The normalized spacial score (nSPS) is 11.0. The molecular formula is C19H20N2O4S. The maximum Gasteiger partial charge on any atom is 0.305 e. The number of fused-ring (bicyclic) bond motifs is 1. The molecule has 0 aliphatic heterocycles. The summed E-state index contributed by atoms with van der Waals surface area (Å²) in [5, 5.41) is 9.62. The average Bonchev–Trinajstić information content (AvgIpc) is 2.89. The molecule has 3 rings (SSSR count). The molecule has 2 heterocycles. The SMILES string of the molecule is COc1ccc(Cc2nc3sc(C)c(C)c3c(=O)n2CCC(=O)O)cc1. The molecule has 0 aliphatic carbocycles. The predicted octanol–water partition coefficient (Wildman–Crippen LogP) is 3.15. The smallest absolute Gasteiger partial charge is 0.305 e. The van der Waals surface area contributed by atoms with Gasteiger partial charge in [0.1, 0.15) is 16.4 Å². The highest BCUT2D eigenvalue weighted by Gasteiger charge is 2.17. The largest absolute Gasteiger partial charge is 0.497 e. The molecule has 0 aliphatic rings. The van der Waals surface area contributed by atoms with E-state index in [4.69, 9.17) is 14.8 Å². The van der Waals surface area contributed by atoms with Gasteiger partial charge >= 0.3 is 5.97 Å². The summed E-state index contributed by atoms with van der Waals surface area (Å²) in [6, 6.07) is 7.54. The maximum atomic E-state index is 13.0. The van der Waals surface area contributed by atoms with Gasteiger partial charge in [0.2, 0.25) is 0 Å². The summed E-state index contributed by atoms with van der Waals surface area (Å²) in [7, 11) is 1.61. The van der Waals surface area contributed by atoms with Crippen molar-refractivity contribution < 1.29 is 14.6 Å². The Morgan fingerprint density at radius 2 is 1.96 bits per heavy atom. The molecule has 0 spiro atoms. The molecule has 6 nitrogen and oxygen atoms in total. The van der Waals surface area contributed by atoms with Gasteiger partial charge in [-0.1, -0.05) is 12.1 Å². The number of thiophene rings is 1. The lowest BCUT2D eigenvalue weighted by Crippen LogP contribution is -2.26. The van der Waals surface area contributed by atoms with E-state index in [0.29, 0.717) is 22.5 Å². The summed E-state index contributed by atoms with van der Waals surface area (Å²) in [4.78, 5) is 30.5. The van der Waals surface area contributed by atoms with Gasteiger partial charge in [0.05, 0.1) is 18.9 Å². The van der Waals surface area contributed by atoms with Gasteiger partial charge in [0, 0.05) is 17.8 Å². The first-order chi connectivity index (χ1) is 12.4. The lowest BCUT2D eigenvalue weighted by molar-refractivity contribution is -0.137. The van der Waals surface area contributed by atoms with Crippen LogP contribution in [0.2, 0.25) is 0 Å². The Balaban J connectivity index is 2.09. The van der Waals surface area contributed by atoms with Crippen molar-refractivity contribution in [1.82, 2.24) is 9.55 Å². The Bertz CT molecular complexity index is 1020. The van der Waals surface area contributed by atoms with E-state index in [-0.39, 0.29) is 18.5 Å². The van der Waals surface area contributed by atoms with Crippen molar-refractivity contribution in [3.8, 4) is 5.75 Å². The van der Waals surface area contributed by atoms with E-state index < -0.39 is 5.97 Å². The van der Waals surface area contributed by atoms with Gasteiger partial charge in [0.25, 0.3) is 5.56 Å².